The van der Waals surface area contributed by atoms with Gasteiger partial charge in [0.25, 0.3) is 0 Å². The minimum atomic E-state index is -1.95. The Kier molecular flexibility index (Phi) is 5.21. The summed E-state index contributed by atoms with van der Waals surface area (Å²) in [7, 11) is 0. The fraction of sp³-hybridized carbons (Fsp3) is 0.562. The SMILES string of the molecule is C=C[C@@H]1C2=CCOC(=O)C2=CO[C@H]1O[C@@H]1O[C@H](CO)[C@H](F)[C@H](O)[C@H]1O. The van der Waals surface area contributed by atoms with Gasteiger partial charge in [0.2, 0.25) is 6.29 Å². The molecule has 3 N–H and O–H groups in total. The predicted octanol–water partition coefficient (Wildman–Crippen LogP) is -0.694. The lowest BCUT2D eigenvalue weighted by Gasteiger charge is -2.41. The van der Waals surface area contributed by atoms with Gasteiger partial charge in [0.15, 0.2) is 12.5 Å². The molecule has 1 fully saturated rings. The molecule has 0 saturated carbocycles. The lowest BCUT2D eigenvalue weighted by Crippen LogP contribution is -2.58. The summed E-state index contributed by atoms with van der Waals surface area (Å²) in [5.74, 6) is -1.11. The van der Waals surface area contributed by atoms with Crippen molar-refractivity contribution in [2.45, 2.75) is 37.1 Å². The summed E-state index contributed by atoms with van der Waals surface area (Å²) in [5, 5.41) is 28.9. The van der Waals surface area contributed by atoms with Crippen molar-refractivity contribution in [1.82, 2.24) is 0 Å². The van der Waals surface area contributed by atoms with Crippen LogP contribution >= 0.6 is 0 Å². The largest absolute Gasteiger partial charge is 0.471 e. The number of fused-ring (bicyclic) bond motifs is 1. The molecular weight excluding hydrogens is 339 g/mol. The van der Waals surface area contributed by atoms with Crippen molar-refractivity contribution in [3.63, 3.8) is 0 Å². The van der Waals surface area contributed by atoms with Crippen LogP contribution in [0, 0.1) is 5.92 Å². The van der Waals surface area contributed by atoms with Gasteiger partial charge >= 0.3 is 5.97 Å². The third-order valence-electron chi connectivity index (χ3n) is 4.34. The summed E-state index contributed by atoms with van der Waals surface area (Å²) in [4.78, 5) is 11.7. The van der Waals surface area contributed by atoms with E-state index in [1.807, 2.05) is 0 Å². The molecule has 0 aromatic rings. The summed E-state index contributed by atoms with van der Waals surface area (Å²) in [6, 6.07) is 0. The van der Waals surface area contributed by atoms with Crippen molar-refractivity contribution in [3.8, 4) is 0 Å². The molecule has 3 heterocycles. The first-order valence-corrected chi connectivity index (χ1v) is 7.75. The quantitative estimate of drug-likeness (QED) is 0.447. The first-order valence-electron chi connectivity index (χ1n) is 7.75. The third-order valence-corrected chi connectivity index (χ3v) is 4.34. The second-order valence-corrected chi connectivity index (χ2v) is 5.84. The van der Waals surface area contributed by atoms with E-state index in [2.05, 4.69) is 6.58 Å². The second-order valence-electron chi connectivity index (χ2n) is 5.84. The highest BCUT2D eigenvalue weighted by atomic mass is 19.1. The zero-order chi connectivity index (χ0) is 18.1. The van der Waals surface area contributed by atoms with Crippen LogP contribution in [0.25, 0.3) is 0 Å². The molecule has 0 bridgehead atoms. The van der Waals surface area contributed by atoms with Gasteiger partial charge in [-0.3, -0.25) is 0 Å². The zero-order valence-electron chi connectivity index (χ0n) is 13.2. The van der Waals surface area contributed by atoms with Crippen LogP contribution in [0.1, 0.15) is 0 Å². The Balaban J connectivity index is 1.78. The van der Waals surface area contributed by atoms with Crippen molar-refractivity contribution in [2.24, 2.45) is 5.92 Å². The topological polar surface area (TPSA) is 115 Å². The van der Waals surface area contributed by atoms with Crippen LogP contribution in [-0.4, -0.2) is 71.6 Å². The molecule has 3 rings (SSSR count). The average molecular weight is 358 g/mol. The number of cyclic esters (lactones) is 1. The van der Waals surface area contributed by atoms with Gasteiger partial charge in [-0.2, -0.15) is 0 Å². The number of aliphatic hydroxyl groups excluding tert-OH is 3. The number of carbonyl (C=O) groups is 1. The molecule has 3 aliphatic rings. The Hall–Kier alpha value is -1.78. The number of halogens is 1. The molecule has 0 amide bonds. The Bertz CT molecular complexity index is 601. The average Bonchev–Trinajstić information content (AvgIpc) is 2.62. The summed E-state index contributed by atoms with van der Waals surface area (Å²) in [5.41, 5.74) is 0.827. The predicted molar refractivity (Wildman–Crippen MR) is 79.4 cm³/mol. The van der Waals surface area contributed by atoms with E-state index in [1.54, 1.807) is 6.08 Å². The fourth-order valence-electron chi connectivity index (χ4n) is 2.95. The third kappa shape index (κ3) is 3.21. The molecule has 138 valence electrons. The molecule has 0 aromatic heterocycles. The summed E-state index contributed by atoms with van der Waals surface area (Å²) >= 11 is 0. The van der Waals surface area contributed by atoms with Crippen LogP contribution in [-0.2, 0) is 23.7 Å². The summed E-state index contributed by atoms with van der Waals surface area (Å²) in [6.45, 7) is 3.09. The molecule has 0 unspecified atom stereocenters. The van der Waals surface area contributed by atoms with Gasteiger partial charge in [-0.25, -0.2) is 9.18 Å². The normalized spacial score (nSPS) is 41.0. The van der Waals surface area contributed by atoms with E-state index in [1.165, 1.54) is 12.3 Å². The molecule has 0 spiro atoms. The standard InChI is InChI=1S/C16H19FO8/c1-2-7-8-3-4-22-14(21)9(8)6-23-15(7)25-16-13(20)12(19)11(17)10(5-18)24-16/h2-3,6-7,10-13,15-16,18-20H,1,4-5H2/t7-,10-,11+,12+,13-,15+,16+/m1/s1. The maximum absolute atomic E-state index is 13.8. The van der Waals surface area contributed by atoms with E-state index in [0.29, 0.717) is 5.57 Å². The van der Waals surface area contributed by atoms with E-state index >= 15 is 0 Å². The Morgan fingerprint density at radius 2 is 2.12 bits per heavy atom. The molecule has 25 heavy (non-hydrogen) atoms. The van der Waals surface area contributed by atoms with Crippen LogP contribution in [0.2, 0.25) is 0 Å². The minimum Gasteiger partial charge on any atom is -0.471 e. The molecule has 0 radical (unpaired) electrons. The van der Waals surface area contributed by atoms with Crippen LogP contribution in [0.5, 0.6) is 0 Å². The molecule has 0 aromatic carbocycles. The van der Waals surface area contributed by atoms with Crippen molar-refractivity contribution in [3.05, 3.63) is 36.1 Å². The van der Waals surface area contributed by atoms with Gasteiger partial charge in [0, 0.05) is 0 Å². The lowest BCUT2D eigenvalue weighted by atomic mass is 9.89. The van der Waals surface area contributed by atoms with Gasteiger partial charge < -0.3 is 34.3 Å². The molecule has 1 saturated heterocycles. The van der Waals surface area contributed by atoms with Crippen LogP contribution in [0.4, 0.5) is 4.39 Å². The maximum atomic E-state index is 13.8. The second kappa shape index (κ2) is 7.22. The van der Waals surface area contributed by atoms with Gasteiger partial charge in [-0.05, 0) is 11.6 Å². The number of rotatable bonds is 4. The number of esters is 1. The number of hydrogen-bond donors (Lipinski definition) is 3. The number of hydrogen-bond acceptors (Lipinski definition) is 8. The van der Waals surface area contributed by atoms with Gasteiger partial charge in [0.05, 0.1) is 18.1 Å². The first kappa shape index (κ1) is 18.0. The first-order chi connectivity index (χ1) is 12.0. The Morgan fingerprint density at radius 1 is 1.36 bits per heavy atom. The lowest BCUT2D eigenvalue weighted by molar-refractivity contribution is -0.329. The van der Waals surface area contributed by atoms with Gasteiger partial charge in [-0.1, -0.05) is 6.08 Å². The Morgan fingerprint density at radius 3 is 2.80 bits per heavy atom. The molecule has 0 aliphatic carbocycles. The highest BCUT2D eigenvalue weighted by Crippen LogP contribution is 2.36. The number of ether oxygens (including phenoxy) is 4. The van der Waals surface area contributed by atoms with Crippen LogP contribution in [0.15, 0.2) is 36.1 Å². The molecule has 7 atom stereocenters. The molecule has 3 aliphatic heterocycles. The minimum absolute atomic E-state index is 0.0972. The van der Waals surface area contributed by atoms with Gasteiger partial charge in [-0.15, -0.1) is 6.58 Å². The number of carbonyl (C=O) groups excluding carboxylic acids is 1. The smallest absolute Gasteiger partial charge is 0.341 e. The number of alkyl halides is 1. The van der Waals surface area contributed by atoms with E-state index < -0.39 is 55.6 Å². The van der Waals surface area contributed by atoms with Gasteiger partial charge in [0.1, 0.15) is 31.2 Å². The highest BCUT2D eigenvalue weighted by Gasteiger charge is 2.47. The molecule has 9 heteroatoms. The van der Waals surface area contributed by atoms with Crippen molar-refractivity contribution in [2.75, 3.05) is 13.2 Å². The summed E-state index contributed by atoms with van der Waals surface area (Å²) in [6.07, 6.45) is -4.87. The van der Waals surface area contributed by atoms with Crippen molar-refractivity contribution >= 4 is 5.97 Å². The van der Waals surface area contributed by atoms with E-state index in [0.717, 1.165) is 0 Å². The van der Waals surface area contributed by atoms with Crippen molar-refractivity contribution in [1.29, 1.82) is 0 Å². The molecule has 8 nitrogen and oxygen atoms in total. The highest BCUT2D eigenvalue weighted by molar-refractivity contribution is 5.94. The van der Waals surface area contributed by atoms with Crippen molar-refractivity contribution < 1.29 is 43.5 Å². The Labute approximate surface area is 142 Å². The van der Waals surface area contributed by atoms with E-state index in [-0.39, 0.29) is 12.2 Å². The maximum Gasteiger partial charge on any atom is 0.341 e. The monoisotopic (exact) mass is 358 g/mol. The zero-order valence-corrected chi connectivity index (χ0v) is 13.2. The van der Waals surface area contributed by atoms with E-state index in [9.17, 15) is 19.4 Å². The number of aliphatic hydroxyl groups is 3. The fourth-order valence-corrected chi connectivity index (χ4v) is 2.95. The van der Waals surface area contributed by atoms with Crippen LogP contribution < -0.4 is 0 Å². The van der Waals surface area contributed by atoms with E-state index in [4.69, 9.17) is 24.1 Å². The van der Waals surface area contributed by atoms with Crippen LogP contribution in [0.3, 0.4) is 0 Å². The molecular formula is C16H19FO8. The summed E-state index contributed by atoms with van der Waals surface area (Å²) < 4.78 is 34.8.